The maximum absolute atomic E-state index is 12.8. The third-order valence-electron chi connectivity index (χ3n) is 8.08. The lowest BCUT2D eigenvalue weighted by Crippen LogP contribution is -2.60. The molecule has 51 heavy (non-hydrogen) atoms. The van der Waals surface area contributed by atoms with Gasteiger partial charge in [-0.1, -0.05) is 24.3 Å². The van der Waals surface area contributed by atoms with Crippen LogP contribution in [0.15, 0.2) is 48.5 Å². The van der Waals surface area contributed by atoms with Crippen molar-refractivity contribution in [3.8, 4) is 11.5 Å². The summed E-state index contributed by atoms with van der Waals surface area (Å²) in [5.74, 6) is -3.89. The lowest BCUT2D eigenvalue weighted by molar-refractivity contribution is -0.277. The molecule has 11 atom stereocenters. The predicted octanol–water partition coefficient (Wildman–Crippen LogP) is -3.57. The van der Waals surface area contributed by atoms with Crippen LogP contribution in [-0.4, -0.2) is 149 Å². The Kier molecular flexibility index (Phi) is 13.6. The second-order valence-corrected chi connectivity index (χ2v) is 11.9. The maximum atomic E-state index is 12.8. The molecule has 0 saturated carbocycles. The fourth-order valence-corrected chi connectivity index (χ4v) is 5.12. The highest BCUT2D eigenvalue weighted by atomic mass is 16.7. The predicted molar refractivity (Wildman–Crippen MR) is 163 cm³/mol. The van der Waals surface area contributed by atoms with E-state index in [1.807, 2.05) is 0 Å². The zero-order valence-electron chi connectivity index (χ0n) is 26.8. The normalized spacial score (nSPS) is 30.5. The standard InChI is InChI=1S/C32H40O19/c33-11-19-23(38)25(40)27(42)29(50-19)48-17-5-1-15(2-6-17)13-46-22(37)10-32(45,9-21(35)36)31(44)47-14-16-3-7-18(8-4-16)49-30-28(43)26(41)24(39)20(12-34)51-30/h1-8,19-20,23-30,33-34,38-43,45H,9-14H2,(H,35,36). The molecular formula is C32H40O19. The van der Waals surface area contributed by atoms with E-state index in [0.717, 1.165) is 0 Å². The van der Waals surface area contributed by atoms with Crippen molar-refractivity contribution in [3.05, 3.63) is 59.7 Å². The fourth-order valence-electron chi connectivity index (χ4n) is 5.12. The third kappa shape index (κ3) is 10.1. The molecule has 11 unspecified atom stereocenters. The zero-order chi connectivity index (χ0) is 37.5. The highest BCUT2D eigenvalue weighted by molar-refractivity contribution is 5.89. The van der Waals surface area contributed by atoms with Gasteiger partial charge in [0.2, 0.25) is 12.6 Å². The first-order chi connectivity index (χ1) is 24.1. The van der Waals surface area contributed by atoms with Crippen LogP contribution in [0.1, 0.15) is 24.0 Å². The monoisotopic (exact) mass is 728 g/mol. The summed E-state index contributed by atoms with van der Waals surface area (Å²) in [6.07, 6.45) is -17.2. The van der Waals surface area contributed by atoms with Crippen LogP contribution in [0.2, 0.25) is 0 Å². The Bertz CT molecular complexity index is 1450. The number of aliphatic carboxylic acids is 1. The molecule has 2 saturated heterocycles. The van der Waals surface area contributed by atoms with Crippen LogP contribution in [0.25, 0.3) is 0 Å². The highest BCUT2D eigenvalue weighted by Gasteiger charge is 2.46. The van der Waals surface area contributed by atoms with Crippen molar-refractivity contribution < 1.29 is 93.9 Å². The number of hydrogen-bond donors (Lipinski definition) is 10. The second kappa shape index (κ2) is 17.5. The molecule has 0 amide bonds. The van der Waals surface area contributed by atoms with Crippen LogP contribution in [0.4, 0.5) is 0 Å². The minimum Gasteiger partial charge on any atom is -0.481 e. The van der Waals surface area contributed by atoms with Gasteiger partial charge in [-0.15, -0.1) is 0 Å². The average molecular weight is 729 g/mol. The number of rotatable bonds is 15. The Morgan fingerprint density at radius 2 is 1.02 bits per heavy atom. The summed E-state index contributed by atoms with van der Waals surface area (Å²) in [6.45, 7) is -2.12. The summed E-state index contributed by atoms with van der Waals surface area (Å²) in [4.78, 5) is 36.8. The Morgan fingerprint density at radius 3 is 1.41 bits per heavy atom. The van der Waals surface area contributed by atoms with Crippen molar-refractivity contribution in [2.24, 2.45) is 0 Å². The number of carboxylic acid groups (broad SMARTS) is 1. The lowest BCUT2D eigenvalue weighted by Gasteiger charge is -2.39. The van der Waals surface area contributed by atoms with Gasteiger partial charge in [-0.3, -0.25) is 9.59 Å². The molecule has 2 aromatic rings. The van der Waals surface area contributed by atoms with Gasteiger partial charge in [0.25, 0.3) is 0 Å². The summed E-state index contributed by atoms with van der Waals surface area (Å²) >= 11 is 0. The fraction of sp³-hybridized carbons (Fsp3) is 0.531. The molecule has 19 heteroatoms. The van der Waals surface area contributed by atoms with Crippen LogP contribution in [-0.2, 0) is 46.5 Å². The van der Waals surface area contributed by atoms with E-state index in [4.69, 9.17) is 28.4 Å². The molecule has 2 aromatic carbocycles. The molecule has 0 bridgehead atoms. The molecule has 10 N–H and O–H groups in total. The number of benzene rings is 2. The average Bonchev–Trinajstić information content (AvgIpc) is 3.10. The van der Waals surface area contributed by atoms with Gasteiger partial charge in [-0.25, -0.2) is 4.79 Å². The topological polar surface area (TPSA) is 309 Å². The molecule has 0 radical (unpaired) electrons. The molecule has 2 aliphatic rings. The van der Waals surface area contributed by atoms with Crippen LogP contribution in [0.3, 0.4) is 0 Å². The molecule has 0 aromatic heterocycles. The number of aliphatic hydroxyl groups is 9. The van der Waals surface area contributed by atoms with Gasteiger partial charge >= 0.3 is 17.9 Å². The molecule has 4 rings (SSSR count). The Morgan fingerprint density at radius 1 is 0.608 bits per heavy atom. The van der Waals surface area contributed by atoms with Crippen molar-refractivity contribution in [2.75, 3.05) is 13.2 Å². The number of carbonyl (C=O) groups is 3. The largest absolute Gasteiger partial charge is 0.481 e. The molecule has 0 aliphatic carbocycles. The van der Waals surface area contributed by atoms with Gasteiger partial charge in [-0.2, -0.15) is 0 Å². The number of ether oxygens (including phenoxy) is 6. The molecular weight excluding hydrogens is 688 g/mol. The molecule has 2 heterocycles. The number of esters is 2. The van der Waals surface area contributed by atoms with E-state index in [0.29, 0.717) is 11.1 Å². The van der Waals surface area contributed by atoms with Crippen molar-refractivity contribution in [1.82, 2.24) is 0 Å². The first kappa shape index (κ1) is 39.8. The molecule has 2 fully saturated rings. The van der Waals surface area contributed by atoms with E-state index in [1.165, 1.54) is 48.5 Å². The van der Waals surface area contributed by atoms with E-state index in [1.54, 1.807) is 0 Å². The maximum Gasteiger partial charge on any atom is 0.339 e. The van der Waals surface area contributed by atoms with Crippen molar-refractivity contribution in [1.29, 1.82) is 0 Å². The van der Waals surface area contributed by atoms with E-state index in [9.17, 15) is 65.4 Å². The van der Waals surface area contributed by atoms with Crippen molar-refractivity contribution in [3.63, 3.8) is 0 Å². The Balaban J connectivity index is 1.27. The smallest absolute Gasteiger partial charge is 0.339 e. The van der Waals surface area contributed by atoms with Gasteiger partial charge in [0.05, 0.1) is 26.1 Å². The zero-order valence-corrected chi connectivity index (χ0v) is 26.8. The van der Waals surface area contributed by atoms with E-state index >= 15 is 0 Å². The minimum absolute atomic E-state index is 0.121. The summed E-state index contributed by atoms with van der Waals surface area (Å²) in [7, 11) is 0. The van der Waals surface area contributed by atoms with Crippen LogP contribution in [0, 0.1) is 0 Å². The molecule has 282 valence electrons. The van der Waals surface area contributed by atoms with E-state index in [2.05, 4.69) is 0 Å². The van der Waals surface area contributed by atoms with E-state index in [-0.39, 0.29) is 18.1 Å². The quantitative estimate of drug-likeness (QED) is 0.0793. The number of carbonyl (C=O) groups excluding carboxylic acids is 2. The van der Waals surface area contributed by atoms with Gasteiger partial charge in [-0.05, 0) is 35.4 Å². The first-order valence-electron chi connectivity index (χ1n) is 15.5. The molecule has 0 spiro atoms. The lowest BCUT2D eigenvalue weighted by atomic mass is 9.95. The van der Waals surface area contributed by atoms with Gasteiger partial charge < -0.3 is 79.5 Å². The second-order valence-electron chi connectivity index (χ2n) is 11.9. The number of aliphatic hydroxyl groups excluding tert-OH is 8. The Labute approximate surface area is 289 Å². The van der Waals surface area contributed by atoms with E-state index < -0.39 is 118 Å². The van der Waals surface area contributed by atoms with Crippen LogP contribution < -0.4 is 9.47 Å². The molecule has 19 nitrogen and oxygen atoms in total. The first-order valence-corrected chi connectivity index (χ1v) is 15.5. The Hall–Kier alpha value is -3.99. The van der Waals surface area contributed by atoms with Crippen LogP contribution in [0.5, 0.6) is 11.5 Å². The molecule has 2 aliphatic heterocycles. The summed E-state index contributed by atoms with van der Waals surface area (Å²) in [6, 6.07) is 11.3. The van der Waals surface area contributed by atoms with Crippen molar-refractivity contribution >= 4 is 17.9 Å². The van der Waals surface area contributed by atoms with Gasteiger partial charge in [0.1, 0.15) is 73.5 Å². The van der Waals surface area contributed by atoms with Crippen molar-refractivity contribution in [2.45, 2.75) is 93.1 Å². The SMILES string of the molecule is O=C(O)CC(O)(CC(=O)OCc1ccc(OC2OC(CO)C(O)C(O)C2O)cc1)C(=O)OCc1ccc(OC2OC(CO)C(O)C(O)C2O)cc1. The van der Waals surface area contributed by atoms with Crippen LogP contribution >= 0.6 is 0 Å². The van der Waals surface area contributed by atoms with Gasteiger partial charge in [0.15, 0.2) is 5.60 Å². The number of hydrogen-bond acceptors (Lipinski definition) is 18. The highest BCUT2D eigenvalue weighted by Crippen LogP contribution is 2.27. The van der Waals surface area contributed by atoms with Gasteiger partial charge in [0, 0.05) is 0 Å². The summed E-state index contributed by atoms with van der Waals surface area (Å²) < 4.78 is 31.7. The summed E-state index contributed by atoms with van der Waals surface area (Å²) in [5, 5.41) is 98.7. The third-order valence-corrected chi connectivity index (χ3v) is 8.08. The summed E-state index contributed by atoms with van der Waals surface area (Å²) in [5.41, 5.74) is -2.06. The number of carboxylic acids is 1. The minimum atomic E-state index is -2.79.